The van der Waals surface area contributed by atoms with E-state index in [1.165, 1.54) is 12.1 Å². The van der Waals surface area contributed by atoms with Gasteiger partial charge in [0.15, 0.2) is 0 Å². The molecule has 3 heteroatoms. The topological polar surface area (TPSA) is 12.9 Å². The van der Waals surface area contributed by atoms with Crippen LogP contribution < -0.4 is 0 Å². The Balaban J connectivity index is 2.55. The zero-order chi connectivity index (χ0) is 9.97. The van der Waals surface area contributed by atoms with Gasteiger partial charge in [0.1, 0.15) is 5.82 Å². The quantitative estimate of drug-likeness (QED) is 0.697. The summed E-state index contributed by atoms with van der Waals surface area (Å²) in [6, 6.07) is 7.96. The van der Waals surface area contributed by atoms with Crippen LogP contribution in [0.2, 0.25) is 5.02 Å². The molecule has 0 bridgehead atoms. The fourth-order valence-electron chi connectivity index (χ4n) is 1.25. The molecule has 1 aromatic heterocycles. The van der Waals surface area contributed by atoms with Crippen LogP contribution in [0.3, 0.4) is 0 Å². The zero-order valence-electron chi connectivity index (χ0n) is 7.24. The van der Waals surface area contributed by atoms with Crippen molar-refractivity contribution in [3.63, 3.8) is 0 Å². The van der Waals surface area contributed by atoms with Crippen molar-refractivity contribution in [2.75, 3.05) is 0 Å². The minimum Gasteiger partial charge on any atom is -0.264 e. The minimum atomic E-state index is -0.276. The first-order valence-electron chi connectivity index (χ1n) is 4.13. The molecule has 1 aromatic carbocycles. The maximum Gasteiger partial charge on any atom is 0.123 e. The highest BCUT2D eigenvalue weighted by atomic mass is 35.5. The van der Waals surface area contributed by atoms with E-state index in [1.807, 2.05) is 0 Å². The van der Waals surface area contributed by atoms with Crippen LogP contribution in [0.1, 0.15) is 0 Å². The molecule has 2 rings (SSSR count). The van der Waals surface area contributed by atoms with E-state index in [2.05, 4.69) is 4.98 Å². The predicted molar refractivity (Wildman–Crippen MR) is 54.6 cm³/mol. The number of nitrogens with zero attached hydrogens (tertiary/aromatic N) is 1. The second kappa shape index (κ2) is 3.76. The lowest BCUT2D eigenvalue weighted by Crippen LogP contribution is -1.82. The van der Waals surface area contributed by atoms with E-state index in [0.717, 1.165) is 11.1 Å². The number of halogens is 2. The van der Waals surface area contributed by atoms with Gasteiger partial charge in [0, 0.05) is 18.0 Å². The summed E-state index contributed by atoms with van der Waals surface area (Å²) >= 11 is 5.95. The smallest absolute Gasteiger partial charge is 0.123 e. The second-order valence-corrected chi connectivity index (χ2v) is 3.27. The Labute approximate surface area is 86.2 Å². The molecule has 14 heavy (non-hydrogen) atoms. The van der Waals surface area contributed by atoms with Crippen molar-refractivity contribution >= 4 is 11.6 Å². The molecule has 0 aliphatic carbocycles. The fourth-order valence-corrected chi connectivity index (χ4v) is 1.46. The molecule has 0 saturated heterocycles. The summed E-state index contributed by atoms with van der Waals surface area (Å²) in [4.78, 5) is 3.94. The summed E-state index contributed by atoms with van der Waals surface area (Å²) in [6.07, 6.45) is 3.22. The summed E-state index contributed by atoms with van der Waals surface area (Å²) < 4.78 is 12.9. The average molecular weight is 208 g/mol. The Kier molecular flexibility index (Phi) is 2.46. The average Bonchev–Trinajstić information content (AvgIpc) is 2.18. The van der Waals surface area contributed by atoms with Gasteiger partial charge in [0.05, 0.1) is 5.02 Å². The predicted octanol–water partition coefficient (Wildman–Crippen LogP) is 3.54. The zero-order valence-corrected chi connectivity index (χ0v) is 8.00. The van der Waals surface area contributed by atoms with E-state index in [4.69, 9.17) is 11.6 Å². The van der Waals surface area contributed by atoms with Gasteiger partial charge in [0.2, 0.25) is 0 Å². The van der Waals surface area contributed by atoms with Gasteiger partial charge in [-0.2, -0.15) is 0 Å². The Morgan fingerprint density at radius 2 is 2.07 bits per heavy atom. The monoisotopic (exact) mass is 207 g/mol. The SMILES string of the molecule is Fc1cccc(-c2cnccc2Cl)c1. The first kappa shape index (κ1) is 9.16. The third kappa shape index (κ3) is 1.75. The van der Waals surface area contributed by atoms with Crippen LogP contribution >= 0.6 is 11.6 Å². The highest BCUT2D eigenvalue weighted by molar-refractivity contribution is 6.33. The third-order valence-corrected chi connectivity index (χ3v) is 2.23. The molecule has 0 unspecified atom stereocenters. The molecule has 70 valence electrons. The van der Waals surface area contributed by atoms with Gasteiger partial charge >= 0.3 is 0 Å². The number of aromatic nitrogens is 1. The maximum absolute atomic E-state index is 12.9. The molecule has 0 spiro atoms. The summed E-state index contributed by atoms with van der Waals surface area (Å²) in [7, 11) is 0. The molecule has 0 aliphatic heterocycles. The van der Waals surface area contributed by atoms with Gasteiger partial charge < -0.3 is 0 Å². The Morgan fingerprint density at radius 3 is 2.79 bits per heavy atom. The van der Waals surface area contributed by atoms with E-state index >= 15 is 0 Å². The van der Waals surface area contributed by atoms with Crippen LogP contribution in [0.25, 0.3) is 11.1 Å². The van der Waals surface area contributed by atoms with Crippen LogP contribution in [0, 0.1) is 5.82 Å². The largest absolute Gasteiger partial charge is 0.264 e. The van der Waals surface area contributed by atoms with Gasteiger partial charge in [-0.05, 0) is 23.8 Å². The Hall–Kier alpha value is -1.41. The molecule has 0 atom stereocenters. The van der Waals surface area contributed by atoms with Crippen LogP contribution in [-0.2, 0) is 0 Å². The van der Waals surface area contributed by atoms with Gasteiger partial charge in [-0.15, -0.1) is 0 Å². The molecule has 0 amide bonds. The van der Waals surface area contributed by atoms with Gasteiger partial charge in [0.25, 0.3) is 0 Å². The maximum atomic E-state index is 12.9. The molecular weight excluding hydrogens is 201 g/mol. The molecule has 0 fully saturated rings. The van der Waals surface area contributed by atoms with E-state index < -0.39 is 0 Å². The van der Waals surface area contributed by atoms with E-state index in [0.29, 0.717) is 5.02 Å². The molecule has 0 radical (unpaired) electrons. The fraction of sp³-hybridized carbons (Fsp3) is 0. The van der Waals surface area contributed by atoms with E-state index in [9.17, 15) is 4.39 Å². The van der Waals surface area contributed by atoms with E-state index in [1.54, 1.807) is 30.6 Å². The van der Waals surface area contributed by atoms with Gasteiger partial charge in [-0.3, -0.25) is 4.98 Å². The number of rotatable bonds is 1. The second-order valence-electron chi connectivity index (χ2n) is 2.87. The molecule has 1 nitrogen and oxygen atoms in total. The van der Waals surface area contributed by atoms with Crippen molar-refractivity contribution in [3.05, 3.63) is 53.6 Å². The normalized spacial score (nSPS) is 10.1. The lowest BCUT2D eigenvalue weighted by Gasteiger charge is -2.02. The van der Waals surface area contributed by atoms with Crippen molar-refractivity contribution < 1.29 is 4.39 Å². The van der Waals surface area contributed by atoms with Crippen LogP contribution in [-0.4, -0.2) is 4.98 Å². The van der Waals surface area contributed by atoms with Crippen LogP contribution in [0.5, 0.6) is 0 Å². The van der Waals surface area contributed by atoms with Crippen molar-refractivity contribution in [2.45, 2.75) is 0 Å². The third-order valence-electron chi connectivity index (χ3n) is 1.90. The van der Waals surface area contributed by atoms with Crippen molar-refractivity contribution in [1.29, 1.82) is 0 Å². The minimum absolute atomic E-state index is 0.276. The molecule has 0 aliphatic rings. The highest BCUT2D eigenvalue weighted by Crippen LogP contribution is 2.26. The highest BCUT2D eigenvalue weighted by Gasteiger charge is 2.03. The summed E-state index contributed by atoms with van der Waals surface area (Å²) in [6.45, 7) is 0. The number of hydrogen-bond acceptors (Lipinski definition) is 1. The molecule has 1 heterocycles. The summed E-state index contributed by atoms with van der Waals surface area (Å²) in [5.74, 6) is -0.276. The van der Waals surface area contributed by atoms with E-state index in [-0.39, 0.29) is 5.82 Å². The first-order valence-corrected chi connectivity index (χ1v) is 4.50. The van der Waals surface area contributed by atoms with Crippen molar-refractivity contribution in [3.8, 4) is 11.1 Å². The molecular formula is C11H7ClFN. The molecule has 2 aromatic rings. The van der Waals surface area contributed by atoms with Crippen LogP contribution in [0.15, 0.2) is 42.7 Å². The lowest BCUT2D eigenvalue weighted by atomic mass is 10.1. The number of pyridine rings is 1. The standard InChI is InChI=1S/C11H7ClFN/c12-11-4-5-14-7-10(11)8-2-1-3-9(13)6-8/h1-7H. The lowest BCUT2D eigenvalue weighted by molar-refractivity contribution is 0.628. The Bertz CT molecular complexity index is 457. The number of hydrogen-bond donors (Lipinski definition) is 0. The van der Waals surface area contributed by atoms with Gasteiger partial charge in [-0.1, -0.05) is 23.7 Å². The van der Waals surface area contributed by atoms with Gasteiger partial charge in [-0.25, -0.2) is 4.39 Å². The summed E-state index contributed by atoms with van der Waals surface area (Å²) in [5.41, 5.74) is 1.48. The first-order chi connectivity index (χ1) is 6.77. The van der Waals surface area contributed by atoms with Crippen molar-refractivity contribution in [1.82, 2.24) is 4.98 Å². The van der Waals surface area contributed by atoms with Crippen molar-refractivity contribution in [2.24, 2.45) is 0 Å². The molecule has 0 saturated carbocycles. The van der Waals surface area contributed by atoms with Crippen LogP contribution in [0.4, 0.5) is 4.39 Å². The summed E-state index contributed by atoms with van der Waals surface area (Å²) in [5, 5.41) is 0.575. The Morgan fingerprint density at radius 1 is 1.21 bits per heavy atom. The molecule has 0 N–H and O–H groups in total. The number of benzene rings is 1.